The average molecular weight is 390 g/mol. The zero-order valence-electron chi connectivity index (χ0n) is 15.9. The fraction of sp³-hybridized carbons (Fsp3) is 0.273. The summed E-state index contributed by atoms with van der Waals surface area (Å²) in [6.45, 7) is 0.279. The molecule has 3 aromatic rings. The lowest BCUT2D eigenvalue weighted by atomic mass is 10.1. The number of hydrogen-bond acceptors (Lipinski definition) is 4. The molecule has 0 bridgehead atoms. The molecule has 1 heterocycles. The molecule has 1 aliphatic rings. The molecule has 7 nitrogen and oxygen atoms in total. The Morgan fingerprint density at radius 2 is 1.79 bits per heavy atom. The summed E-state index contributed by atoms with van der Waals surface area (Å²) in [6, 6.07) is 14.3. The first-order valence-electron chi connectivity index (χ1n) is 9.77. The molecule has 0 radical (unpaired) electrons. The van der Waals surface area contributed by atoms with E-state index in [1.807, 2.05) is 24.3 Å². The van der Waals surface area contributed by atoms with Crippen molar-refractivity contribution in [3.8, 4) is 0 Å². The largest absolute Gasteiger partial charge is 0.347 e. The van der Waals surface area contributed by atoms with Crippen LogP contribution in [0.2, 0.25) is 0 Å². The van der Waals surface area contributed by atoms with Gasteiger partial charge in [-0.25, -0.2) is 5.10 Å². The van der Waals surface area contributed by atoms with E-state index in [1.54, 1.807) is 24.3 Å². The second-order valence-electron chi connectivity index (χ2n) is 7.30. The molecule has 7 heteroatoms. The summed E-state index contributed by atoms with van der Waals surface area (Å²) in [5, 5.41) is 13.0. The fourth-order valence-electron chi connectivity index (χ4n) is 3.75. The van der Waals surface area contributed by atoms with Crippen molar-refractivity contribution in [2.24, 2.45) is 5.92 Å². The molecule has 2 amide bonds. The highest BCUT2D eigenvalue weighted by Crippen LogP contribution is 2.26. The Kier molecular flexibility index (Phi) is 5.37. The van der Waals surface area contributed by atoms with Gasteiger partial charge in [0.15, 0.2) is 5.69 Å². The number of benzene rings is 2. The van der Waals surface area contributed by atoms with E-state index in [-0.39, 0.29) is 35.5 Å². The number of aromatic nitrogens is 2. The maximum absolute atomic E-state index is 12.6. The first-order valence-corrected chi connectivity index (χ1v) is 9.77. The van der Waals surface area contributed by atoms with Crippen molar-refractivity contribution < 1.29 is 9.59 Å². The van der Waals surface area contributed by atoms with Crippen LogP contribution < -0.4 is 16.2 Å². The van der Waals surface area contributed by atoms with Crippen LogP contribution in [0.1, 0.15) is 41.7 Å². The number of carbonyl (C=O) groups is 2. The SMILES string of the molecule is O=C(NCc1cccc(NC(=O)C2CCCC2)c1)c1n[nH]c(=O)c2ccccc12. The van der Waals surface area contributed by atoms with Crippen LogP contribution >= 0.6 is 0 Å². The molecule has 1 aromatic heterocycles. The highest BCUT2D eigenvalue weighted by atomic mass is 16.2. The number of fused-ring (bicyclic) bond motifs is 1. The van der Waals surface area contributed by atoms with Crippen molar-refractivity contribution >= 4 is 28.3 Å². The van der Waals surface area contributed by atoms with E-state index in [1.165, 1.54) is 0 Å². The highest BCUT2D eigenvalue weighted by molar-refractivity contribution is 6.04. The van der Waals surface area contributed by atoms with Crippen LogP contribution in [-0.2, 0) is 11.3 Å². The molecule has 3 N–H and O–H groups in total. The summed E-state index contributed by atoms with van der Waals surface area (Å²) in [4.78, 5) is 36.8. The molecule has 0 aliphatic heterocycles. The summed E-state index contributed by atoms with van der Waals surface area (Å²) in [6.07, 6.45) is 4.11. The predicted octanol–water partition coefficient (Wildman–Crippen LogP) is 2.98. The number of aromatic amines is 1. The third kappa shape index (κ3) is 4.18. The van der Waals surface area contributed by atoms with Gasteiger partial charge in [-0.1, -0.05) is 43.2 Å². The maximum atomic E-state index is 12.6. The fourth-order valence-corrected chi connectivity index (χ4v) is 3.75. The van der Waals surface area contributed by atoms with E-state index in [2.05, 4.69) is 20.8 Å². The monoisotopic (exact) mass is 390 g/mol. The van der Waals surface area contributed by atoms with Crippen molar-refractivity contribution in [3.63, 3.8) is 0 Å². The zero-order valence-corrected chi connectivity index (χ0v) is 15.9. The van der Waals surface area contributed by atoms with Gasteiger partial charge in [-0.05, 0) is 36.6 Å². The Balaban J connectivity index is 1.44. The van der Waals surface area contributed by atoms with Gasteiger partial charge in [-0.3, -0.25) is 14.4 Å². The van der Waals surface area contributed by atoms with Crippen LogP contribution in [0.4, 0.5) is 5.69 Å². The van der Waals surface area contributed by atoms with Gasteiger partial charge in [-0.2, -0.15) is 5.10 Å². The van der Waals surface area contributed by atoms with Crippen LogP contribution in [0.3, 0.4) is 0 Å². The molecule has 2 aromatic carbocycles. The minimum atomic E-state index is -0.377. The van der Waals surface area contributed by atoms with E-state index in [0.717, 1.165) is 36.9 Å². The Morgan fingerprint density at radius 1 is 1.03 bits per heavy atom. The first kappa shape index (κ1) is 18.9. The lowest BCUT2D eigenvalue weighted by molar-refractivity contribution is -0.119. The topological polar surface area (TPSA) is 104 Å². The van der Waals surface area contributed by atoms with E-state index in [4.69, 9.17) is 0 Å². The van der Waals surface area contributed by atoms with Gasteiger partial charge in [0.25, 0.3) is 11.5 Å². The predicted molar refractivity (Wildman–Crippen MR) is 111 cm³/mol. The Bertz CT molecular complexity index is 1120. The lowest BCUT2D eigenvalue weighted by Gasteiger charge is -2.12. The standard InChI is InChI=1S/C22H22N4O3/c27-20(15-7-1-2-8-15)24-16-9-5-6-14(12-16)13-23-22(29)19-17-10-3-4-11-18(17)21(28)26-25-19/h3-6,9-12,15H,1-2,7-8,13H2,(H,23,29)(H,24,27)(H,26,28). The summed E-state index contributed by atoms with van der Waals surface area (Å²) in [5.41, 5.74) is 1.42. The number of nitrogens with one attached hydrogen (secondary N) is 3. The van der Waals surface area contributed by atoms with Crippen molar-refractivity contribution in [1.29, 1.82) is 0 Å². The van der Waals surface area contributed by atoms with Gasteiger partial charge in [0.2, 0.25) is 5.91 Å². The van der Waals surface area contributed by atoms with E-state index < -0.39 is 0 Å². The van der Waals surface area contributed by atoms with Crippen molar-refractivity contribution in [2.75, 3.05) is 5.32 Å². The second kappa shape index (κ2) is 8.26. The molecule has 1 aliphatic carbocycles. The number of anilines is 1. The molecule has 4 rings (SSSR count). The summed E-state index contributed by atoms with van der Waals surface area (Å²) in [5.74, 6) is -0.219. The van der Waals surface area contributed by atoms with Gasteiger partial charge in [-0.15, -0.1) is 0 Å². The van der Waals surface area contributed by atoms with Crippen molar-refractivity contribution in [1.82, 2.24) is 15.5 Å². The van der Waals surface area contributed by atoms with Crippen LogP contribution in [0.15, 0.2) is 53.3 Å². The molecule has 0 unspecified atom stereocenters. The lowest BCUT2D eigenvalue weighted by Crippen LogP contribution is -2.26. The second-order valence-corrected chi connectivity index (χ2v) is 7.30. The van der Waals surface area contributed by atoms with Crippen LogP contribution in [0.25, 0.3) is 10.8 Å². The normalized spacial score (nSPS) is 14.1. The molecular weight excluding hydrogens is 368 g/mol. The van der Waals surface area contributed by atoms with Gasteiger partial charge in [0.05, 0.1) is 5.39 Å². The van der Waals surface area contributed by atoms with E-state index in [0.29, 0.717) is 10.8 Å². The van der Waals surface area contributed by atoms with E-state index in [9.17, 15) is 14.4 Å². The van der Waals surface area contributed by atoms with Crippen molar-refractivity contribution in [3.05, 3.63) is 70.1 Å². The van der Waals surface area contributed by atoms with Gasteiger partial charge >= 0.3 is 0 Å². The summed E-state index contributed by atoms with van der Waals surface area (Å²) >= 11 is 0. The summed E-state index contributed by atoms with van der Waals surface area (Å²) in [7, 11) is 0. The Morgan fingerprint density at radius 3 is 2.59 bits per heavy atom. The third-order valence-electron chi connectivity index (χ3n) is 5.28. The molecule has 1 saturated carbocycles. The van der Waals surface area contributed by atoms with Crippen LogP contribution in [0, 0.1) is 5.92 Å². The van der Waals surface area contributed by atoms with E-state index >= 15 is 0 Å². The summed E-state index contributed by atoms with van der Waals surface area (Å²) < 4.78 is 0. The number of carbonyl (C=O) groups excluding carboxylic acids is 2. The molecule has 1 fully saturated rings. The molecule has 0 saturated heterocycles. The quantitative estimate of drug-likeness (QED) is 0.623. The number of hydrogen-bond donors (Lipinski definition) is 3. The first-order chi connectivity index (χ1) is 14.1. The number of H-pyrrole nitrogens is 1. The molecule has 29 heavy (non-hydrogen) atoms. The van der Waals surface area contributed by atoms with Gasteiger partial charge in [0, 0.05) is 23.5 Å². The number of amides is 2. The molecular formula is C22H22N4O3. The number of rotatable bonds is 5. The Hall–Kier alpha value is -3.48. The highest BCUT2D eigenvalue weighted by Gasteiger charge is 2.22. The zero-order chi connectivity index (χ0) is 20.2. The smallest absolute Gasteiger partial charge is 0.272 e. The molecule has 0 atom stereocenters. The third-order valence-corrected chi connectivity index (χ3v) is 5.28. The van der Waals surface area contributed by atoms with Crippen LogP contribution in [-0.4, -0.2) is 22.0 Å². The minimum Gasteiger partial charge on any atom is -0.347 e. The number of nitrogens with zero attached hydrogens (tertiary/aromatic N) is 1. The van der Waals surface area contributed by atoms with Crippen LogP contribution in [0.5, 0.6) is 0 Å². The van der Waals surface area contributed by atoms with Gasteiger partial charge in [0.1, 0.15) is 0 Å². The minimum absolute atomic E-state index is 0.0626. The van der Waals surface area contributed by atoms with Gasteiger partial charge < -0.3 is 10.6 Å². The maximum Gasteiger partial charge on any atom is 0.272 e. The molecule has 148 valence electrons. The Labute approximate surface area is 167 Å². The molecule has 0 spiro atoms. The van der Waals surface area contributed by atoms with Crippen molar-refractivity contribution in [2.45, 2.75) is 32.2 Å². The average Bonchev–Trinajstić information content (AvgIpc) is 3.28.